The zero-order valence-corrected chi connectivity index (χ0v) is 19.3. The van der Waals surface area contributed by atoms with Crippen LogP contribution in [0, 0.1) is 13.8 Å². The number of para-hydroxylation sites is 1. The van der Waals surface area contributed by atoms with Gasteiger partial charge >= 0.3 is 0 Å². The summed E-state index contributed by atoms with van der Waals surface area (Å²) in [5.41, 5.74) is 3.38. The quantitative estimate of drug-likeness (QED) is 0.516. The van der Waals surface area contributed by atoms with Crippen LogP contribution in [0.5, 0.6) is 0 Å². The highest BCUT2D eigenvalue weighted by atomic mass is 35.5. The number of carbonyl (C=O) groups is 2. The van der Waals surface area contributed by atoms with Gasteiger partial charge in [-0.15, -0.1) is 10.2 Å². The summed E-state index contributed by atoms with van der Waals surface area (Å²) in [4.78, 5) is 24.8. The van der Waals surface area contributed by atoms with Gasteiger partial charge in [0.2, 0.25) is 5.91 Å². The monoisotopic (exact) mass is 457 g/mol. The molecule has 3 aromatic rings. The first-order valence-electron chi connectivity index (χ1n) is 9.71. The summed E-state index contributed by atoms with van der Waals surface area (Å²) in [7, 11) is 1.81. The molecule has 0 spiro atoms. The van der Waals surface area contributed by atoms with Crippen LogP contribution < -0.4 is 10.6 Å². The molecule has 2 aromatic carbocycles. The molecule has 162 valence electrons. The molecule has 7 nitrogen and oxygen atoms in total. The van der Waals surface area contributed by atoms with Crippen LogP contribution in [0.1, 0.15) is 40.3 Å². The lowest BCUT2D eigenvalue weighted by atomic mass is 10.1. The average molecular weight is 458 g/mol. The van der Waals surface area contributed by atoms with Gasteiger partial charge in [-0.05, 0) is 56.2 Å². The molecule has 1 aromatic heterocycles. The minimum absolute atomic E-state index is 0.115. The number of aromatic nitrogens is 3. The van der Waals surface area contributed by atoms with Crippen LogP contribution in [0.4, 0.5) is 5.69 Å². The number of nitrogens with zero attached hydrogens (tertiary/aromatic N) is 3. The first-order chi connectivity index (χ1) is 14.8. The standard InChI is InChI=1S/C22H24ClN5O2S/c1-13-6-5-7-14(2)19(13)25-18(29)12-31-22-27-26-20(28(22)4)15(3)24-21(30)16-8-10-17(23)11-9-16/h5-11,15H,12H2,1-4H3,(H,24,30)(H,25,29)/t15-/m0/s1. The molecule has 1 heterocycles. The zero-order chi connectivity index (χ0) is 22.5. The lowest BCUT2D eigenvalue weighted by Crippen LogP contribution is -2.28. The summed E-state index contributed by atoms with van der Waals surface area (Å²) in [5, 5.41) is 15.4. The van der Waals surface area contributed by atoms with E-state index >= 15 is 0 Å². The zero-order valence-electron chi connectivity index (χ0n) is 17.8. The van der Waals surface area contributed by atoms with E-state index in [1.165, 1.54) is 11.8 Å². The Morgan fingerprint density at radius 2 is 1.74 bits per heavy atom. The summed E-state index contributed by atoms with van der Waals surface area (Å²) in [6.45, 7) is 5.76. The molecule has 31 heavy (non-hydrogen) atoms. The van der Waals surface area contributed by atoms with Gasteiger partial charge in [-0.25, -0.2) is 0 Å². The number of amides is 2. The number of nitrogens with one attached hydrogen (secondary N) is 2. The molecular weight excluding hydrogens is 434 g/mol. The number of anilines is 1. The van der Waals surface area contributed by atoms with E-state index in [-0.39, 0.29) is 23.6 Å². The molecule has 0 saturated heterocycles. The van der Waals surface area contributed by atoms with Gasteiger partial charge in [0.1, 0.15) is 0 Å². The molecule has 2 amide bonds. The van der Waals surface area contributed by atoms with Crippen LogP contribution >= 0.6 is 23.4 Å². The minimum Gasteiger partial charge on any atom is -0.342 e. The summed E-state index contributed by atoms with van der Waals surface area (Å²) < 4.78 is 1.78. The molecule has 0 aliphatic carbocycles. The molecular formula is C22H24ClN5O2S. The van der Waals surface area contributed by atoms with E-state index in [4.69, 9.17) is 11.6 Å². The Bertz CT molecular complexity index is 1080. The molecule has 0 fully saturated rings. The van der Waals surface area contributed by atoms with E-state index in [9.17, 15) is 9.59 Å². The van der Waals surface area contributed by atoms with E-state index in [0.717, 1.165) is 16.8 Å². The summed E-state index contributed by atoms with van der Waals surface area (Å²) in [6, 6.07) is 12.2. The Morgan fingerprint density at radius 3 is 2.39 bits per heavy atom. The van der Waals surface area contributed by atoms with Crippen molar-refractivity contribution in [3.05, 3.63) is 70.0 Å². The topological polar surface area (TPSA) is 88.9 Å². The van der Waals surface area contributed by atoms with Gasteiger partial charge in [-0.1, -0.05) is 41.6 Å². The Hall–Kier alpha value is -2.84. The van der Waals surface area contributed by atoms with Gasteiger partial charge in [0.25, 0.3) is 5.91 Å². The van der Waals surface area contributed by atoms with Crippen molar-refractivity contribution in [3.8, 4) is 0 Å². The number of halogens is 1. The predicted molar refractivity (Wildman–Crippen MR) is 124 cm³/mol. The van der Waals surface area contributed by atoms with Crippen molar-refractivity contribution in [3.63, 3.8) is 0 Å². The normalized spacial score (nSPS) is 11.8. The van der Waals surface area contributed by atoms with E-state index in [1.54, 1.807) is 28.8 Å². The van der Waals surface area contributed by atoms with Gasteiger partial charge in [0.15, 0.2) is 11.0 Å². The third-order valence-electron chi connectivity index (χ3n) is 4.79. The Morgan fingerprint density at radius 1 is 1.10 bits per heavy atom. The van der Waals surface area contributed by atoms with Crippen molar-refractivity contribution in [1.82, 2.24) is 20.1 Å². The number of carbonyl (C=O) groups excluding carboxylic acids is 2. The lowest BCUT2D eigenvalue weighted by Gasteiger charge is -2.14. The van der Waals surface area contributed by atoms with E-state index in [0.29, 0.717) is 21.6 Å². The maximum Gasteiger partial charge on any atom is 0.251 e. The number of hydrogen-bond donors (Lipinski definition) is 2. The van der Waals surface area contributed by atoms with Crippen LogP contribution in [0.15, 0.2) is 47.6 Å². The Balaban J connectivity index is 1.59. The molecule has 0 aliphatic heterocycles. The van der Waals surface area contributed by atoms with Gasteiger partial charge in [-0.3, -0.25) is 9.59 Å². The molecule has 3 rings (SSSR count). The largest absolute Gasteiger partial charge is 0.342 e. The number of benzene rings is 2. The van der Waals surface area contributed by atoms with Gasteiger partial charge in [-0.2, -0.15) is 0 Å². The predicted octanol–water partition coefficient (Wildman–Crippen LogP) is 4.31. The molecule has 0 unspecified atom stereocenters. The van der Waals surface area contributed by atoms with Crippen molar-refractivity contribution < 1.29 is 9.59 Å². The number of hydrogen-bond acceptors (Lipinski definition) is 5. The SMILES string of the molecule is Cc1cccc(C)c1NC(=O)CSc1nnc([C@H](C)NC(=O)c2ccc(Cl)cc2)n1C. The van der Waals surface area contributed by atoms with Crippen molar-refractivity contribution >= 4 is 40.9 Å². The van der Waals surface area contributed by atoms with Gasteiger partial charge in [0.05, 0.1) is 11.8 Å². The highest BCUT2D eigenvalue weighted by Gasteiger charge is 2.19. The molecule has 0 bridgehead atoms. The molecule has 0 aliphatic rings. The third-order valence-corrected chi connectivity index (χ3v) is 6.06. The van der Waals surface area contributed by atoms with Crippen molar-refractivity contribution in [2.75, 3.05) is 11.1 Å². The molecule has 2 N–H and O–H groups in total. The molecule has 1 atom stereocenters. The number of rotatable bonds is 7. The van der Waals surface area contributed by atoms with E-state index in [2.05, 4.69) is 20.8 Å². The van der Waals surface area contributed by atoms with E-state index < -0.39 is 0 Å². The molecule has 0 saturated carbocycles. The first-order valence-corrected chi connectivity index (χ1v) is 11.1. The fourth-order valence-corrected chi connectivity index (χ4v) is 3.94. The smallest absolute Gasteiger partial charge is 0.251 e. The van der Waals surface area contributed by atoms with E-state index in [1.807, 2.05) is 46.0 Å². The fourth-order valence-electron chi connectivity index (χ4n) is 3.09. The third kappa shape index (κ3) is 5.65. The van der Waals surface area contributed by atoms with Crippen LogP contribution in [0.3, 0.4) is 0 Å². The Labute approximate surface area is 190 Å². The van der Waals surface area contributed by atoms with Crippen LogP contribution in [-0.4, -0.2) is 32.3 Å². The van der Waals surface area contributed by atoms with Gasteiger partial charge in [0, 0.05) is 23.3 Å². The summed E-state index contributed by atoms with van der Waals surface area (Å²) in [5.74, 6) is 0.455. The molecule has 0 radical (unpaired) electrons. The van der Waals surface area contributed by atoms with Crippen molar-refractivity contribution in [2.24, 2.45) is 7.05 Å². The van der Waals surface area contributed by atoms with Crippen molar-refractivity contribution in [2.45, 2.75) is 32.0 Å². The summed E-state index contributed by atoms with van der Waals surface area (Å²) in [6.07, 6.45) is 0. The van der Waals surface area contributed by atoms with Crippen LogP contribution in [0.2, 0.25) is 5.02 Å². The fraction of sp³-hybridized carbons (Fsp3) is 0.273. The second-order valence-electron chi connectivity index (χ2n) is 7.21. The highest BCUT2D eigenvalue weighted by Crippen LogP contribution is 2.22. The second-order valence-corrected chi connectivity index (χ2v) is 8.58. The maximum absolute atomic E-state index is 12.4. The Kier molecular flexibility index (Phi) is 7.35. The first kappa shape index (κ1) is 22.8. The number of aryl methyl sites for hydroxylation is 2. The maximum atomic E-state index is 12.4. The van der Waals surface area contributed by atoms with Crippen molar-refractivity contribution in [1.29, 1.82) is 0 Å². The van der Waals surface area contributed by atoms with Crippen LogP contribution in [0.25, 0.3) is 0 Å². The average Bonchev–Trinajstić information content (AvgIpc) is 3.10. The second kappa shape index (κ2) is 9.98. The van der Waals surface area contributed by atoms with Crippen LogP contribution in [-0.2, 0) is 11.8 Å². The highest BCUT2D eigenvalue weighted by molar-refractivity contribution is 7.99. The minimum atomic E-state index is -0.363. The number of thioether (sulfide) groups is 1. The molecule has 9 heteroatoms. The lowest BCUT2D eigenvalue weighted by molar-refractivity contribution is -0.113. The summed E-state index contributed by atoms with van der Waals surface area (Å²) >= 11 is 7.16. The van der Waals surface area contributed by atoms with Gasteiger partial charge < -0.3 is 15.2 Å².